The zero-order valence-corrected chi connectivity index (χ0v) is 13.6. The van der Waals surface area contributed by atoms with Crippen molar-refractivity contribution >= 4 is 34.9 Å². The summed E-state index contributed by atoms with van der Waals surface area (Å²) in [7, 11) is 0. The molecular formula is C13H16N2OS3. The van der Waals surface area contributed by atoms with Crippen LogP contribution in [-0.4, -0.2) is 28.8 Å². The van der Waals surface area contributed by atoms with Crippen LogP contribution in [0.25, 0.3) is 0 Å². The largest absolute Gasteiger partial charge is 0.492 e. The number of para-hydroxylation sites is 1. The normalized spacial score (nSPS) is 10.7. The Morgan fingerprint density at radius 2 is 1.84 bits per heavy atom. The van der Waals surface area contributed by atoms with Crippen LogP contribution in [0.3, 0.4) is 0 Å². The molecule has 1 aromatic carbocycles. The van der Waals surface area contributed by atoms with E-state index in [2.05, 4.69) is 42.2 Å². The van der Waals surface area contributed by atoms with Crippen molar-refractivity contribution in [3.63, 3.8) is 0 Å². The topological polar surface area (TPSA) is 35.0 Å². The van der Waals surface area contributed by atoms with Gasteiger partial charge in [0, 0.05) is 5.75 Å². The average Bonchev–Trinajstić information content (AvgIpc) is 2.85. The lowest BCUT2D eigenvalue weighted by molar-refractivity contribution is 0.339. The molecule has 0 aliphatic heterocycles. The smallest absolute Gasteiger partial charge is 0.175 e. The highest BCUT2D eigenvalue weighted by atomic mass is 32.2. The number of aryl methyl sites for hydroxylation is 2. The molecule has 19 heavy (non-hydrogen) atoms. The molecule has 0 aliphatic carbocycles. The van der Waals surface area contributed by atoms with Gasteiger partial charge in [0.05, 0.1) is 6.61 Å². The van der Waals surface area contributed by atoms with Crippen molar-refractivity contribution in [2.45, 2.75) is 22.5 Å². The summed E-state index contributed by atoms with van der Waals surface area (Å²) in [5.41, 5.74) is 2.37. The van der Waals surface area contributed by atoms with Crippen molar-refractivity contribution in [3.05, 3.63) is 29.3 Å². The zero-order valence-electron chi connectivity index (χ0n) is 11.2. The predicted octanol–water partition coefficient (Wildman–Crippen LogP) is 4.05. The number of nitrogens with zero attached hydrogens (tertiary/aromatic N) is 2. The highest BCUT2D eigenvalue weighted by Crippen LogP contribution is 2.27. The van der Waals surface area contributed by atoms with E-state index in [1.165, 1.54) is 11.1 Å². The summed E-state index contributed by atoms with van der Waals surface area (Å²) in [6, 6.07) is 6.20. The van der Waals surface area contributed by atoms with Gasteiger partial charge < -0.3 is 4.74 Å². The zero-order chi connectivity index (χ0) is 13.7. The Kier molecular flexibility index (Phi) is 5.54. The number of rotatable bonds is 6. The first-order valence-electron chi connectivity index (χ1n) is 5.90. The third-order valence-electron chi connectivity index (χ3n) is 2.53. The fraction of sp³-hybridized carbons (Fsp3) is 0.385. The Hall–Kier alpha value is -0.720. The molecule has 6 heteroatoms. The van der Waals surface area contributed by atoms with Crippen LogP contribution in [0.15, 0.2) is 26.9 Å². The van der Waals surface area contributed by atoms with Crippen molar-refractivity contribution in [2.24, 2.45) is 0 Å². The summed E-state index contributed by atoms with van der Waals surface area (Å²) in [5, 5.41) is 8.19. The monoisotopic (exact) mass is 312 g/mol. The number of hydrogen-bond donors (Lipinski definition) is 0. The first-order valence-corrected chi connectivity index (χ1v) is 8.92. The second-order valence-electron chi connectivity index (χ2n) is 3.96. The highest BCUT2D eigenvalue weighted by molar-refractivity contribution is 8.02. The lowest BCUT2D eigenvalue weighted by atomic mass is 10.1. The second kappa shape index (κ2) is 7.17. The van der Waals surface area contributed by atoms with Crippen LogP contribution in [0, 0.1) is 13.8 Å². The Morgan fingerprint density at radius 3 is 2.47 bits per heavy atom. The molecule has 0 unspecified atom stereocenters. The molecule has 0 fully saturated rings. The van der Waals surface area contributed by atoms with Crippen LogP contribution in [-0.2, 0) is 0 Å². The molecule has 0 spiro atoms. The molecule has 2 rings (SSSR count). The SMILES string of the molecule is CSc1nnc(SCCOc2c(C)cccc2C)s1. The van der Waals surface area contributed by atoms with E-state index in [-0.39, 0.29) is 0 Å². The summed E-state index contributed by atoms with van der Waals surface area (Å²) in [6.07, 6.45) is 2.01. The van der Waals surface area contributed by atoms with Crippen LogP contribution in [0.5, 0.6) is 5.75 Å². The second-order valence-corrected chi connectivity index (χ2v) is 7.33. The maximum Gasteiger partial charge on any atom is 0.175 e. The third kappa shape index (κ3) is 4.12. The van der Waals surface area contributed by atoms with Crippen LogP contribution in [0.1, 0.15) is 11.1 Å². The van der Waals surface area contributed by atoms with Gasteiger partial charge in [-0.2, -0.15) is 0 Å². The van der Waals surface area contributed by atoms with Crippen LogP contribution < -0.4 is 4.74 Å². The fourth-order valence-electron chi connectivity index (χ4n) is 1.64. The van der Waals surface area contributed by atoms with Gasteiger partial charge in [0.15, 0.2) is 8.68 Å². The van der Waals surface area contributed by atoms with E-state index in [4.69, 9.17) is 4.74 Å². The number of ether oxygens (including phenoxy) is 1. The fourth-order valence-corrected chi connectivity index (χ4v) is 3.96. The highest BCUT2D eigenvalue weighted by Gasteiger charge is 2.05. The molecule has 0 amide bonds. The Labute approximate surface area is 126 Å². The number of hydrogen-bond acceptors (Lipinski definition) is 6. The van der Waals surface area contributed by atoms with E-state index < -0.39 is 0 Å². The van der Waals surface area contributed by atoms with Crippen molar-refractivity contribution < 1.29 is 4.74 Å². The number of aromatic nitrogens is 2. The van der Waals surface area contributed by atoms with Crippen molar-refractivity contribution in [1.82, 2.24) is 10.2 Å². The average molecular weight is 312 g/mol. The van der Waals surface area contributed by atoms with Crippen molar-refractivity contribution in [1.29, 1.82) is 0 Å². The van der Waals surface area contributed by atoms with Gasteiger partial charge in [-0.15, -0.1) is 10.2 Å². The molecule has 1 heterocycles. The minimum absolute atomic E-state index is 0.685. The molecule has 0 atom stereocenters. The summed E-state index contributed by atoms with van der Waals surface area (Å²) >= 11 is 4.96. The molecule has 0 saturated heterocycles. The predicted molar refractivity (Wildman–Crippen MR) is 83.8 cm³/mol. The molecule has 102 valence electrons. The van der Waals surface area contributed by atoms with Gasteiger partial charge in [0.2, 0.25) is 0 Å². The van der Waals surface area contributed by atoms with Gasteiger partial charge >= 0.3 is 0 Å². The number of thioether (sulfide) groups is 2. The van der Waals surface area contributed by atoms with E-state index in [9.17, 15) is 0 Å². The lowest BCUT2D eigenvalue weighted by Crippen LogP contribution is -2.02. The maximum absolute atomic E-state index is 5.85. The molecule has 0 N–H and O–H groups in total. The Balaban J connectivity index is 1.80. The molecule has 2 aromatic rings. The Bertz CT molecular complexity index is 522. The standard InChI is InChI=1S/C13H16N2OS3/c1-9-5-4-6-10(2)11(9)16-7-8-18-13-15-14-12(17-3)19-13/h4-6H,7-8H2,1-3H3. The quantitative estimate of drug-likeness (QED) is 0.594. The molecule has 0 bridgehead atoms. The van der Waals surface area contributed by atoms with E-state index >= 15 is 0 Å². The summed E-state index contributed by atoms with van der Waals surface area (Å²) in [5.74, 6) is 1.89. The first kappa shape index (κ1) is 14.7. The van der Waals surface area contributed by atoms with Crippen LogP contribution >= 0.6 is 34.9 Å². The van der Waals surface area contributed by atoms with Gasteiger partial charge in [-0.25, -0.2) is 0 Å². The van der Waals surface area contributed by atoms with Gasteiger partial charge in [-0.3, -0.25) is 0 Å². The van der Waals surface area contributed by atoms with Gasteiger partial charge in [-0.05, 0) is 31.2 Å². The molecule has 0 radical (unpaired) electrons. The Morgan fingerprint density at radius 1 is 1.16 bits per heavy atom. The first-order chi connectivity index (χ1) is 9.20. The summed E-state index contributed by atoms with van der Waals surface area (Å²) < 4.78 is 7.87. The van der Waals surface area contributed by atoms with E-state index in [0.717, 1.165) is 20.2 Å². The van der Waals surface area contributed by atoms with Crippen molar-refractivity contribution in [2.75, 3.05) is 18.6 Å². The molecular weight excluding hydrogens is 296 g/mol. The van der Waals surface area contributed by atoms with Crippen molar-refractivity contribution in [3.8, 4) is 5.75 Å². The minimum Gasteiger partial charge on any atom is -0.492 e. The van der Waals surface area contributed by atoms with E-state index in [1.807, 2.05) is 6.26 Å². The van der Waals surface area contributed by atoms with Gasteiger partial charge in [0.25, 0.3) is 0 Å². The van der Waals surface area contributed by atoms with Crippen LogP contribution in [0.4, 0.5) is 0 Å². The maximum atomic E-state index is 5.85. The summed E-state index contributed by atoms with van der Waals surface area (Å²) in [4.78, 5) is 0. The molecule has 1 aromatic heterocycles. The van der Waals surface area contributed by atoms with Gasteiger partial charge in [-0.1, -0.05) is 53.1 Å². The minimum atomic E-state index is 0.685. The van der Waals surface area contributed by atoms with Crippen LogP contribution in [0.2, 0.25) is 0 Å². The number of benzene rings is 1. The van der Waals surface area contributed by atoms with Gasteiger partial charge in [0.1, 0.15) is 5.75 Å². The third-order valence-corrected chi connectivity index (χ3v) is 5.52. The lowest BCUT2D eigenvalue weighted by Gasteiger charge is -2.11. The van der Waals surface area contributed by atoms with E-state index in [0.29, 0.717) is 6.61 Å². The molecule has 0 saturated carbocycles. The molecule has 3 nitrogen and oxygen atoms in total. The summed E-state index contributed by atoms with van der Waals surface area (Å²) in [6.45, 7) is 4.83. The molecule has 0 aliphatic rings. The van der Waals surface area contributed by atoms with E-state index in [1.54, 1.807) is 34.9 Å².